The molecule has 0 aliphatic heterocycles. The van der Waals surface area contributed by atoms with E-state index in [1.807, 2.05) is 55.6 Å². The first kappa shape index (κ1) is 19.8. The molecule has 0 radical (unpaired) electrons. The number of aromatic nitrogens is 2. The van der Waals surface area contributed by atoms with Crippen LogP contribution in [0.15, 0.2) is 41.8 Å². The molecule has 146 valence electrons. The zero-order chi connectivity index (χ0) is 20.1. The number of hydrogen-bond donors (Lipinski definition) is 3. The van der Waals surface area contributed by atoms with Crippen molar-refractivity contribution in [3.05, 3.63) is 52.5 Å². The van der Waals surface area contributed by atoms with Crippen LogP contribution in [-0.2, 0) is 22.6 Å². The average Bonchev–Trinajstić information content (AvgIpc) is 3.16. The predicted molar refractivity (Wildman–Crippen MR) is 111 cm³/mol. The molecule has 2 aromatic heterocycles. The van der Waals surface area contributed by atoms with Gasteiger partial charge in [-0.2, -0.15) is 0 Å². The summed E-state index contributed by atoms with van der Waals surface area (Å²) in [7, 11) is 0. The number of rotatable bonds is 8. The predicted octanol–water partition coefficient (Wildman–Crippen LogP) is 2.47. The van der Waals surface area contributed by atoms with Gasteiger partial charge < -0.3 is 16.4 Å². The molecule has 7 nitrogen and oxygen atoms in total. The maximum atomic E-state index is 12.2. The summed E-state index contributed by atoms with van der Waals surface area (Å²) >= 11 is 1.54. The smallest absolute Gasteiger partial charge is 0.240 e. The van der Waals surface area contributed by atoms with Crippen LogP contribution in [0.4, 0.5) is 5.82 Å². The molecular weight excluding hydrogens is 374 g/mol. The maximum absolute atomic E-state index is 12.2. The van der Waals surface area contributed by atoms with Crippen molar-refractivity contribution in [2.75, 3.05) is 5.32 Å². The molecule has 3 aromatic rings. The molecule has 0 saturated heterocycles. The Morgan fingerprint density at radius 3 is 2.61 bits per heavy atom. The highest BCUT2D eigenvalue weighted by atomic mass is 32.1. The summed E-state index contributed by atoms with van der Waals surface area (Å²) in [4.78, 5) is 34.0. The number of para-hydroxylation sites is 1. The number of primary amides is 1. The molecule has 2 heterocycles. The van der Waals surface area contributed by atoms with Gasteiger partial charge >= 0.3 is 0 Å². The molecular formula is C20H23N5O2S. The van der Waals surface area contributed by atoms with Crippen molar-refractivity contribution in [3.8, 4) is 0 Å². The highest BCUT2D eigenvalue weighted by Crippen LogP contribution is 2.22. The van der Waals surface area contributed by atoms with Crippen LogP contribution in [0.5, 0.6) is 0 Å². The molecule has 2 amide bonds. The highest BCUT2D eigenvalue weighted by Gasteiger charge is 2.21. The van der Waals surface area contributed by atoms with Crippen LogP contribution in [0.1, 0.15) is 24.5 Å². The maximum Gasteiger partial charge on any atom is 0.240 e. The topological polar surface area (TPSA) is 110 Å². The minimum absolute atomic E-state index is 0.000163. The zero-order valence-corrected chi connectivity index (χ0v) is 16.6. The van der Waals surface area contributed by atoms with E-state index in [1.54, 1.807) is 11.3 Å². The SMILES string of the molecule is CC(C)C(Nc1nc(CNC(=O)Cc2cccs2)nc2ccccc12)C(N)=O. The van der Waals surface area contributed by atoms with E-state index in [9.17, 15) is 9.59 Å². The van der Waals surface area contributed by atoms with E-state index >= 15 is 0 Å². The molecule has 4 N–H and O–H groups in total. The number of hydrogen-bond acceptors (Lipinski definition) is 6. The van der Waals surface area contributed by atoms with Crippen LogP contribution in [0.25, 0.3) is 10.9 Å². The van der Waals surface area contributed by atoms with Crippen LogP contribution in [-0.4, -0.2) is 27.8 Å². The van der Waals surface area contributed by atoms with Gasteiger partial charge in [0.05, 0.1) is 18.5 Å². The van der Waals surface area contributed by atoms with Crippen LogP contribution >= 0.6 is 11.3 Å². The number of fused-ring (bicyclic) bond motifs is 1. The van der Waals surface area contributed by atoms with Crippen molar-refractivity contribution < 1.29 is 9.59 Å². The second-order valence-corrected chi connectivity index (χ2v) is 7.84. The first-order chi connectivity index (χ1) is 13.4. The largest absolute Gasteiger partial charge is 0.368 e. The van der Waals surface area contributed by atoms with E-state index in [-0.39, 0.29) is 18.4 Å². The molecule has 0 fully saturated rings. The van der Waals surface area contributed by atoms with Crippen molar-refractivity contribution >= 4 is 39.9 Å². The minimum atomic E-state index is -0.556. The van der Waals surface area contributed by atoms with Crippen molar-refractivity contribution in [2.45, 2.75) is 32.9 Å². The van der Waals surface area contributed by atoms with Gasteiger partial charge in [0.25, 0.3) is 0 Å². The average molecular weight is 398 g/mol. The second kappa shape index (κ2) is 8.79. The lowest BCUT2D eigenvalue weighted by Crippen LogP contribution is -2.40. The summed E-state index contributed by atoms with van der Waals surface area (Å²) in [6.07, 6.45) is 0.327. The lowest BCUT2D eigenvalue weighted by atomic mass is 10.0. The van der Waals surface area contributed by atoms with Gasteiger partial charge in [-0.25, -0.2) is 9.97 Å². The van der Waals surface area contributed by atoms with E-state index in [1.165, 1.54) is 0 Å². The zero-order valence-electron chi connectivity index (χ0n) is 15.8. The molecule has 1 aromatic carbocycles. The minimum Gasteiger partial charge on any atom is -0.368 e. The second-order valence-electron chi connectivity index (χ2n) is 6.81. The van der Waals surface area contributed by atoms with Gasteiger partial charge in [0, 0.05) is 10.3 Å². The monoisotopic (exact) mass is 397 g/mol. The summed E-state index contributed by atoms with van der Waals surface area (Å²) in [5.41, 5.74) is 6.26. The van der Waals surface area contributed by atoms with E-state index in [4.69, 9.17) is 5.73 Å². The summed E-state index contributed by atoms with van der Waals surface area (Å²) < 4.78 is 0. The van der Waals surface area contributed by atoms with E-state index < -0.39 is 11.9 Å². The third-order valence-corrected chi connectivity index (χ3v) is 5.15. The molecule has 1 unspecified atom stereocenters. The van der Waals surface area contributed by atoms with Gasteiger partial charge in [-0.15, -0.1) is 11.3 Å². The number of amides is 2. The fourth-order valence-corrected chi connectivity index (χ4v) is 3.54. The molecule has 8 heteroatoms. The number of nitrogens with one attached hydrogen (secondary N) is 2. The number of anilines is 1. The number of nitrogens with two attached hydrogens (primary N) is 1. The summed E-state index contributed by atoms with van der Waals surface area (Å²) in [5.74, 6) is 0.466. The summed E-state index contributed by atoms with van der Waals surface area (Å²) in [6, 6.07) is 10.8. The number of carbonyl (C=O) groups is 2. The molecule has 0 saturated carbocycles. The molecule has 3 rings (SSSR count). The van der Waals surface area contributed by atoms with Crippen molar-refractivity contribution in [1.29, 1.82) is 0 Å². The first-order valence-corrected chi connectivity index (χ1v) is 9.92. The molecule has 0 aliphatic carbocycles. The number of carbonyl (C=O) groups excluding carboxylic acids is 2. The lowest BCUT2D eigenvalue weighted by molar-refractivity contribution is -0.121. The summed E-state index contributed by atoms with van der Waals surface area (Å²) in [6.45, 7) is 4.03. The van der Waals surface area contributed by atoms with Crippen LogP contribution in [0.2, 0.25) is 0 Å². The van der Waals surface area contributed by atoms with Gasteiger partial charge in [-0.1, -0.05) is 32.0 Å². The Kier molecular flexibility index (Phi) is 6.20. The summed E-state index contributed by atoms with van der Waals surface area (Å²) in [5, 5.41) is 8.74. The molecule has 0 spiro atoms. The van der Waals surface area contributed by atoms with Crippen LogP contribution in [0, 0.1) is 5.92 Å². The van der Waals surface area contributed by atoms with E-state index in [0.717, 1.165) is 15.8 Å². The normalized spacial score (nSPS) is 12.1. The van der Waals surface area contributed by atoms with Crippen LogP contribution in [0.3, 0.4) is 0 Å². The Bertz CT molecular complexity index is 972. The van der Waals surface area contributed by atoms with E-state index in [0.29, 0.717) is 18.1 Å². The van der Waals surface area contributed by atoms with Gasteiger partial charge in [-0.05, 0) is 29.5 Å². The van der Waals surface area contributed by atoms with Gasteiger partial charge in [0.2, 0.25) is 11.8 Å². The van der Waals surface area contributed by atoms with Gasteiger partial charge in [-0.3, -0.25) is 9.59 Å². The Morgan fingerprint density at radius 2 is 1.93 bits per heavy atom. The standard InChI is InChI=1S/C20H23N5O2S/c1-12(2)18(19(21)27)25-20-14-7-3-4-8-15(14)23-16(24-20)11-22-17(26)10-13-6-5-9-28-13/h3-9,12,18H,10-11H2,1-2H3,(H2,21,27)(H,22,26)(H,23,24,25). The van der Waals surface area contributed by atoms with Crippen LogP contribution < -0.4 is 16.4 Å². The molecule has 28 heavy (non-hydrogen) atoms. The third-order valence-electron chi connectivity index (χ3n) is 4.27. The van der Waals surface area contributed by atoms with E-state index in [2.05, 4.69) is 20.6 Å². The highest BCUT2D eigenvalue weighted by molar-refractivity contribution is 7.10. The van der Waals surface area contributed by atoms with Gasteiger partial charge in [0.1, 0.15) is 11.9 Å². The molecule has 1 atom stereocenters. The van der Waals surface area contributed by atoms with Crippen molar-refractivity contribution in [3.63, 3.8) is 0 Å². The number of thiophene rings is 1. The molecule has 0 bridgehead atoms. The lowest BCUT2D eigenvalue weighted by Gasteiger charge is -2.21. The quantitative estimate of drug-likeness (QED) is 0.541. The van der Waals surface area contributed by atoms with Gasteiger partial charge in [0.15, 0.2) is 5.82 Å². The number of nitrogens with zero attached hydrogens (tertiary/aromatic N) is 2. The fourth-order valence-electron chi connectivity index (χ4n) is 2.84. The Morgan fingerprint density at radius 1 is 1.14 bits per heavy atom. The Balaban J connectivity index is 1.81. The Hall–Kier alpha value is -3.00. The third kappa shape index (κ3) is 4.83. The van der Waals surface area contributed by atoms with Crippen molar-refractivity contribution in [1.82, 2.24) is 15.3 Å². The first-order valence-electron chi connectivity index (χ1n) is 9.04. The fraction of sp³-hybridized carbons (Fsp3) is 0.300. The Labute approximate surface area is 167 Å². The molecule has 0 aliphatic rings. The number of benzene rings is 1. The van der Waals surface area contributed by atoms with Crippen molar-refractivity contribution in [2.24, 2.45) is 11.7 Å².